The fourth-order valence-corrected chi connectivity index (χ4v) is 7.55. The molecule has 0 amide bonds. The molecular formula is C22H46N2O2Si. The van der Waals surface area contributed by atoms with Gasteiger partial charge in [-0.05, 0) is 108 Å². The number of rotatable bonds is 4. The Morgan fingerprint density at radius 1 is 0.593 bits per heavy atom. The molecule has 0 aliphatic carbocycles. The van der Waals surface area contributed by atoms with E-state index in [0.717, 1.165) is 25.7 Å². The van der Waals surface area contributed by atoms with Crippen LogP contribution in [0.15, 0.2) is 0 Å². The molecule has 2 rings (SSSR count). The lowest BCUT2D eigenvalue weighted by molar-refractivity contribution is -0.0847. The van der Waals surface area contributed by atoms with Crippen molar-refractivity contribution in [3.05, 3.63) is 0 Å². The lowest BCUT2D eigenvalue weighted by atomic mass is 9.79. The smallest absolute Gasteiger partial charge is 0.332 e. The van der Waals surface area contributed by atoms with Gasteiger partial charge in [0.2, 0.25) is 0 Å². The van der Waals surface area contributed by atoms with Gasteiger partial charge in [0.15, 0.2) is 0 Å². The van der Waals surface area contributed by atoms with Gasteiger partial charge in [-0.25, -0.2) is 0 Å². The standard InChI is InChI=1S/C22H46N2O2Si/c1-19(2)13-17(14-20(3,4)23(19)9)25-27(11,12)26-18-15-21(5,6)24(10)22(7,8)16-18/h17-18H,13-16H2,1-12H3. The quantitative estimate of drug-likeness (QED) is 0.621. The number of piperidine rings is 2. The molecule has 0 unspecified atom stereocenters. The van der Waals surface area contributed by atoms with E-state index in [1.165, 1.54) is 0 Å². The van der Waals surface area contributed by atoms with E-state index in [1.54, 1.807) is 0 Å². The van der Waals surface area contributed by atoms with E-state index in [9.17, 15) is 0 Å². The van der Waals surface area contributed by atoms with Crippen LogP contribution in [0.4, 0.5) is 0 Å². The van der Waals surface area contributed by atoms with Crippen LogP contribution in [-0.2, 0) is 8.85 Å². The van der Waals surface area contributed by atoms with Crippen LogP contribution in [0.5, 0.6) is 0 Å². The Morgan fingerprint density at radius 2 is 0.815 bits per heavy atom. The highest BCUT2D eigenvalue weighted by atomic mass is 28.4. The van der Waals surface area contributed by atoms with Gasteiger partial charge in [-0.1, -0.05) is 0 Å². The maximum atomic E-state index is 6.74. The zero-order chi connectivity index (χ0) is 21.1. The first-order chi connectivity index (χ1) is 11.9. The number of hydrogen-bond donors (Lipinski definition) is 0. The molecular weight excluding hydrogens is 352 g/mol. The third-order valence-electron chi connectivity index (χ3n) is 7.44. The summed E-state index contributed by atoms with van der Waals surface area (Å²) >= 11 is 0. The van der Waals surface area contributed by atoms with E-state index >= 15 is 0 Å². The molecule has 0 N–H and O–H groups in total. The summed E-state index contributed by atoms with van der Waals surface area (Å²) in [6, 6.07) is 0. The summed E-state index contributed by atoms with van der Waals surface area (Å²) in [5.74, 6) is 0. The molecule has 2 aliphatic rings. The van der Waals surface area contributed by atoms with Crippen LogP contribution in [-0.4, -0.2) is 66.8 Å². The molecule has 2 fully saturated rings. The van der Waals surface area contributed by atoms with Crippen LogP contribution >= 0.6 is 0 Å². The van der Waals surface area contributed by atoms with Gasteiger partial charge in [0.05, 0.1) is 12.2 Å². The molecule has 0 atom stereocenters. The Hall–Kier alpha value is 0.0569. The monoisotopic (exact) mass is 398 g/mol. The lowest BCUT2D eigenvalue weighted by Crippen LogP contribution is -2.63. The van der Waals surface area contributed by atoms with E-state index in [0.29, 0.717) is 0 Å². The first-order valence-corrected chi connectivity index (χ1v) is 13.5. The van der Waals surface area contributed by atoms with Gasteiger partial charge >= 0.3 is 8.56 Å². The minimum absolute atomic E-state index is 0.147. The van der Waals surface area contributed by atoms with Crippen LogP contribution in [0, 0.1) is 0 Å². The summed E-state index contributed by atoms with van der Waals surface area (Å²) < 4.78 is 13.5. The highest BCUT2D eigenvalue weighted by Gasteiger charge is 2.48. The van der Waals surface area contributed by atoms with Gasteiger partial charge in [0.25, 0.3) is 0 Å². The fourth-order valence-electron chi connectivity index (χ4n) is 5.56. The Morgan fingerprint density at radius 3 is 1.04 bits per heavy atom. The van der Waals surface area contributed by atoms with Gasteiger partial charge < -0.3 is 8.85 Å². The van der Waals surface area contributed by atoms with Crippen LogP contribution in [0.3, 0.4) is 0 Å². The average molecular weight is 399 g/mol. The van der Waals surface area contributed by atoms with Crippen LogP contribution in [0.2, 0.25) is 13.1 Å². The second-order valence-electron chi connectivity index (χ2n) is 12.1. The highest BCUT2D eigenvalue weighted by molar-refractivity contribution is 6.64. The summed E-state index contributed by atoms with van der Waals surface area (Å²) in [5, 5.41) is 0. The van der Waals surface area contributed by atoms with Crippen molar-refractivity contribution >= 4 is 8.56 Å². The summed E-state index contributed by atoms with van der Waals surface area (Å²) in [6.07, 6.45) is 4.82. The molecule has 2 aliphatic heterocycles. The second-order valence-corrected chi connectivity index (χ2v) is 15.3. The zero-order valence-corrected chi connectivity index (χ0v) is 21.2. The third kappa shape index (κ3) is 5.16. The highest BCUT2D eigenvalue weighted by Crippen LogP contribution is 2.41. The van der Waals surface area contributed by atoms with E-state index in [2.05, 4.69) is 92.4 Å². The molecule has 0 aromatic rings. The summed E-state index contributed by atoms with van der Waals surface area (Å²) in [6.45, 7) is 23.2. The van der Waals surface area contributed by atoms with Crippen molar-refractivity contribution in [3.8, 4) is 0 Å². The maximum Gasteiger partial charge on any atom is 0.332 e. The summed E-state index contributed by atoms with van der Waals surface area (Å²) in [7, 11) is 2.29. The molecule has 5 heteroatoms. The van der Waals surface area contributed by atoms with E-state index in [1.807, 2.05) is 0 Å². The predicted molar refractivity (Wildman–Crippen MR) is 118 cm³/mol. The van der Waals surface area contributed by atoms with E-state index in [-0.39, 0.29) is 34.4 Å². The largest absolute Gasteiger partial charge is 0.391 e. The van der Waals surface area contributed by atoms with Crippen molar-refractivity contribution < 1.29 is 8.85 Å². The minimum Gasteiger partial charge on any atom is -0.391 e. The normalized spacial score (nSPS) is 29.8. The molecule has 4 nitrogen and oxygen atoms in total. The Kier molecular flexibility index (Phi) is 6.12. The van der Waals surface area contributed by atoms with Gasteiger partial charge in [-0.15, -0.1) is 0 Å². The topological polar surface area (TPSA) is 24.9 Å². The molecule has 2 saturated heterocycles. The van der Waals surface area contributed by atoms with Crippen LogP contribution < -0.4 is 0 Å². The first-order valence-electron chi connectivity index (χ1n) is 10.7. The molecule has 27 heavy (non-hydrogen) atoms. The first kappa shape index (κ1) is 23.3. The maximum absolute atomic E-state index is 6.74. The minimum atomic E-state index is -2.21. The molecule has 2 heterocycles. The van der Waals surface area contributed by atoms with Crippen molar-refractivity contribution in [2.24, 2.45) is 0 Å². The van der Waals surface area contributed by atoms with E-state index < -0.39 is 8.56 Å². The third-order valence-corrected chi connectivity index (χ3v) is 9.24. The lowest BCUT2D eigenvalue weighted by Gasteiger charge is -2.55. The molecule has 0 radical (unpaired) electrons. The van der Waals surface area contributed by atoms with Crippen molar-refractivity contribution in [3.63, 3.8) is 0 Å². The van der Waals surface area contributed by atoms with Gasteiger partial charge in [-0.2, -0.15) is 0 Å². The predicted octanol–water partition coefficient (Wildman–Crippen LogP) is 5.02. The summed E-state index contributed by atoms with van der Waals surface area (Å²) in [4.78, 5) is 5.02. The Bertz CT molecular complexity index is 460. The van der Waals surface area contributed by atoms with Crippen molar-refractivity contribution in [2.75, 3.05) is 14.1 Å². The Labute approximate surface area is 170 Å². The van der Waals surface area contributed by atoms with Crippen molar-refractivity contribution in [1.82, 2.24) is 9.80 Å². The number of likely N-dealkylation sites (tertiary alicyclic amines) is 2. The number of hydrogen-bond acceptors (Lipinski definition) is 4. The molecule has 0 spiro atoms. The second kappa shape index (κ2) is 7.08. The van der Waals surface area contributed by atoms with Gasteiger partial charge in [-0.3, -0.25) is 9.80 Å². The average Bonchev–Trinajstić information content (AvgIpc) is 2.39. The zero-order valence-electron chi connectivity index (χ0n) is 20.2. The summed E-state index contributed by atoms with van der Waals surface area (Å²) in [5.41, 5.74) is 0.589. The molecule has 160 valence electrons. The van der Waals surface area contributed by atoms with Crippen LogP contribution in [0.25, 0.3) is 0 Å². The molecule has 0 aromatic heterocycles. The SMILES string of the molecule is CN1C(C)(C)CC(O[Si](C)(C)OC2CC(C)(C)N(C)C(C)(C)C2)CC1(C)C. The van der Waals surface area contributed by atoms with Crippen molar-refractivity contribution in [1.29, 1.82) is 0 Å². The molecule has 0 saturated carbocycles. The van der Waals surface area contributed by atoms with E-state index in [4.69, 9.17) is 8.85 Å². The van der Waals surface area contributed by atoms with Gasteiger partial charge in [0, 0.05) is 22.2 Å². The molecule has 0 bridgehead atoms. The molecule has 0 aromatic carbocycles. The van der Waals surface area contributed by atoms with Crippen LogP contribution in [0.1, 0.15) is 81.1 Å². The van der Waals surface area contributed by atoms with Crippen molar-refractivity contribution in [2.45, 2.75) is 129 Å². The Balaban J connectivity index is 2.07. The fraction of sp³-hybridized carbons (Fsp3) is 1.00. The number of nitrogens with zero attached hydrogens (tertiary/aromatic N) is 2. The van der Waals surface area contributed by atoms with Gasteiger partial charge in [0.1, 0.15) is 0 Å².